The first kappa shape index (κ1) is 10.8. The largest absolute Gasteiger partial charge is 0.433 e. The lowest BCUT2D eigenvalue weighted by Crippen LogP contribution is -2.34. The lowest BCUT2D eigenvalue weighted by atomic mass is 10.2. The zero-order chi connectivity index (χ0) is 11.3. The minimum absolute atomic E-state index is 0.156. The molecule has 0 aliphatic rings. The Bertz CT molecular complexity index is 354. The van der Waals surface area contributed by atoms with E-state index in [9.17, 15) is 14.9 Å². The van der Waals surface area contributed by atoms with Crippen molar-refractivity contribution in [3.63, 3.8) is 0 Å². The highest BCUT2D eigenvalue weighted by atomic mass is 16.9. The second-order valence-corrected chi connectivity index (χ2v) is 2.64. The van der Waals surface area contributed by atoms with Gasteiger partial charge in [-0.05, 0) is 5.56 Å². The van der Waals surface area contributed by atoms with Crippen LogP contribution in [0, 0.1) is 10.1 Å². The van der Waals surface area contributed by atoms with Crippen LogP contribution in [0.4, 0.5) is 4.79 Å². The number of hydrogen-bond donors (Lipinski definition) is 1. The van der Waals surface area contributed by atoms with Gasteiger partial charge in [0.15, 0.2) is 5.03 Å². The van der Waals surface area contributed by atoms with E-state index in [4.69, 9.17) is 0 Å². The van der Waals surface area contributed by atoms with Gasteiger partial charge in [0, 0.05) is 0 Å². The fraction of sp³-hybridized carbons (Fsp3) is 0.125. The number of benzene rings is 1. The predicted molar refractivity (Wildman–Crippen MR) is 49.6 cm³/mol. The second-order valence-electron chi connectivity index (χ2n) is 2.64. The lowest BCUT2D eigenvalue weighted by Gasteiger charge is -2.10. The fourth-order valence-corrected chi connectivity index (χ4v) is 0.967. The number of hydrazine groups is 1. The zero-order valence-electron chi connectivity index (χ0n) is 7.70. The molecule has 0 spiro atoms. The van der Waals surface area contributed by atoms with Gasteiger partial charge in [0.1, 0.15) is 6.54 Å². The van der Waals surface area contributed by atoms with E-state index in [2.05, 4.69) is 10.6 Å². The molecule has 0 fully saturated rings. The van der Waals surface area contributed by atoms with Crippen LogP contribution in [0.1, 0.15) is 5.56 Å². The number of hydroxylamine groups is 1. The van der Waals surface area contributed by atoms with Crippen LogP contribution < -0.4 is 5.73 Å². The number of nitrogens with two attached hydrogens (primary N) is 1. The summed E-state index contributed by atoms with van der Waals surface area (Å²) >= 11 is 0. The Morgan fingerprint density at radius 1 is 1.47 bits per heavy atom. The predicted octanol–water partition coefficient (Wildman–Crippen LogP) is 0.691. The molecular weight excluding hydrogens is 202 g/mol. The van der Waals surface area contributed by atoms with Gasteiger partial charge in [0.2, 0.25) is 0 Å². The Kier molecular flexibility index (Phi) is 3.44. The maximum Gasteiger partial charge on any atom is 0.433 e. The SMILES string of the molecule is NC(=O)ON(Cc1ccccc1)[N+](=O)[O-]. The number of carbonyl (C=O) groups is 1. The molecule has 0 atom stereocenters. The number of nitro groups is 1. The minimum atomic E-state index is -1.22. The number of carbonyl (C=O) groups excluding carboxylic acids is 1. The van der Waals surface area contributed by atoms with Crippen molar-refractivity contribution >= 4 is 6.09 Å². The van der Waals surface area contributed by atoms with E-state index in [0.29, 0.717) is 5.56 Å². The maximum absolute atomic E-state index is 10.4. The van der Waals surface area contributed by atoms with Crippen LogP contribution in [0.5, 0.6) is 0 Å². The summed E-state index contributed by atoms with van der Waals surface area (Å²) < 4.78 is 0. The van der Waals surface area contributed by atoms with Crippen LogP contribution in [-0.2, 0) is 11.4 Å². The molecule has 0 aliphatic heterocycles. The summed E-state index contributed by atoms with van der Waals surface area (Å²) in [5, 5.41) is 9.86. The smallest absolute Gasteiger partial charge is 0.333 e. The van der Waals surface area contributed by atoms with Gasteiger partial charge in [-0.3, -0.25) is 4.84 Å². The van der Waals surface area contributed by atoms with Crippen LogP contribution in [0.15, 0.2) is 30.3 Å². The third-order valence-corrected chi connectivity index (χ3v) is 1.54. The van der Waals surface area contributed by atoms with E-state index in [1.807, 2.05) is 0 Å². The molecule has 0 heterocycles. The number of nitrogens with zero attached hydrogens (tertiary/aromatic N) is 2. The van der Waals surface area contributed by atoms with Crippen LogP contribution in [0.2, 0.25) is 0 Å². The Morgan fingerprint density at radius 2 is 2.07 bits per heavy atom. The van der Waals surface area contributed by atoms with E-state index >= 15 is 0 Å². The summed E-state index contributed by atoms with van der Waals surface area (Å²) in [4.78, 5) is 25.0. The second kappa shape index (κ2) is 4.80. The number of rotatable bonds is 4. The van der Waals surface area contributed by atoms with Gasteiger partial charge in [0.25, 0.3) is 0 Å². The average Bonchev–Trinajstić information content (AvgIpc) is 2.17. The quantitative estimate of drug-likeness (QED) is 0.583. The van der Waals surface area contributed by atoms with Crippen molar-refractivity contribution in [2.75, 3.05) is 0 Å². The van der Waals surface area contributed by atoms with Crippen molar-refractivity contribution in [2.45, 2.75) is 6.54 Å². The van der Waals surface area contributed by atoms with E-state index in [1.165, 1.54) is 0 Å². The number of amides is 1. The summed E-state index contributed by atoms with van der Waals surface area (Å²) in [7, 11) is 0. The van der Waals surface area contributed by atoms with Crippen molar-refractivity contribution in [1.29, 1.82) is 0 Å². The Hall–Kier alpha value is -2.31. The zero-order valence-corrected chi connectivity index (χ0v) is 7.70. The van der Waals surface area contributed by atoms with Crippen molar-refractivity contribution in [1.82, 2.24) is 5.17 Å². The van der Waals surface area contributed by atoms with Gasteiger partial charge in [-0.15, -0.1) is 0 Å². The Labute approximate surface area is 85.1 Å². The average molecular weight is 211 g/mol. The number of primary amides is 1. The van der Waals surface area contributed by atoms with E-state index in [0.717, 1.165) is 0 Å². The molecule has 0 radical (unpaired) electrons. The molecule has 1 amide bonds. The molecule has 7 nitrogen and oxygen atoms in total. The third kappa shape index (κ3) is 3.51. The molecule has 0 unspecified atom stereocenters. The van der Waals surface area contributed by atoms with Crippen molar-refractivity contribution in [3.05, 3.63) is 46.0 Å². The summed E-state index contributed by atoms with van der Waals surface area (Å²) in [5.41, 5.74) is 5.31. The molecule has 0 bridgehead atoms. The molecular formula is C8H9N3O4. The van der Waals surface area contributed by atoms with Crippen molar-refractivity contribution in [3.8, 4) is 0 Å². The third-order valence-electron chi connectivity index (χ3n) is 1.54. The van der Waals surface area contributed by atoms with Gasteiger partial charge in [-0.25, -0.2) is 14.9 Å². The minimum Gasteiger partial charge on any atom is -0.333 e. The van der Waals surface area contributed by atoms with Crippen LogP contribution in [-0.4, -0.2) is 16.3 Å². The van der Waals surface area contributed by atoms with Crippen LogP contribution in [0.25, 0.3) is 0 Å². The molecule has 0 saturated carbocycles. The molecule has 7 heteroatoms. The van der Waals surface area contributed by atoms with Crippen molar-refractivity contribution < 1.29 is 14.7 Å². The van der Waals surface area contributed by atoms with E-state index < -0.39 is 11.1 Å². The first-order valence-electron chi connectivity index (χ1n) is 4.03. The maximum atomic E-state index is 10.4. The van der Waals surface area contributed by atoms with Gasteiger partial charge in [-0.1, -0.05) is 30.3 Å². The van der Waals surface area contributed by atoms with Gasteiger partial charge in [-0.2, -0.15) is 0 Å². The standard InChI is InChI=1S/C8H9N3O4/c9-8(12)15-10(11(13)14)6-7-4-2-1-3-5-7/h1-5H,6H2,(H2,9,12). The van der Waals surface area contributed by atoms with E-state index in [-0.39, 0.29) is 11.7 Å². The van der Waals surface area contributed by atoms with Crippen molar-refractivity contribution in [2.24, 2.45) is 5.73 Å². The summed E-state index contributed by atoms with van der Waals surface area (Å²) in [6.45, 7) is -0.156. The fourth-order valence-electron chi connectivity index (χ4n) is 0.967. The van der Waals surface area contributed by atoms with E-state index in [1.54, 1.807) is 30.3 Å². The first-order chi connectivity index (χ1) is 7.09. The molecule has 0 aromatic heterocycles. The molecule has 15 heavy (non-hydrogen) atoms. The van der Waals surface area contributed by atoms with Gasteiger partial charge in [0.05, 0.1) is 5.17 Å². The molecule has 0 saturated heterocycles. The molecule has 1 aromatic carbocycles. The highest BCUT2D eigenvalue weighted by molar-refractivity contribution is 5.64. The monoisotopic (exact) mass is 211 g/mol. The van der Waals surface area contributed by atoms with Crippen LogP contribution >= 0.6 is 0 Å². The lowest BCUT2D eigenvalue weighted by molar-refractivity contribution is -0.727. The van der Waals surface area contributed by atoms with Gasteiger partial charge >= 0.3 is 6.09 Å². The summed E-state index contributed by atoms with van der Waals surface area (Å²) in [5.74, 6) is 0. The highest BCUT2D eigenvalue weighted by Crippen LogP contribution is 2.04. The first-order valence-corrected chi connectivity index (χ1v) is 4.03. The van der Waals surface area contributed by atoms with Crippen LogP contribution in [0.3, 0.4) is 0 Å². The van der Waals surface area contributed by atoms with Gasteiger partial charge < -0.3 is 5.73 Å². The topological polar surface area (TPSA) is 98.7 Å². The molecule has 1 rings (SSSR count). The molecule has 2 N–H and O–H groups in total. The molecule has 80 valence electrons. The Morgan fingerprint density at radius 3 is 2.53 bits per heavy atom. The highest BCUT2D eigenvalue weighted by Gasteiger charge is 2.18. The Balaban J connectivity index is 2.67. The summed E-state index contributed by atoms with van der Waals surface area (Å²) in [6, 6.07) is 8.55. The molecule has 0 aliphatic carbocycles. The normalized spacial score (nSPS) is 9.33. The summed E-state index contributed by atoms with van der Waals surface area (Å²) in [6.07, 6.45) is -1.22. The number of hydrogen-bond acceptors (Lipinski definition) is 4. The molecule has 1 aromatic rings.